The fourth-order valence-electron chi connectivity index (χ4n) is 2.33. The SMILES string of the molecule is CC(CNC(C)(C)C)CN(Cc1cccs1)C1CC1. The zero-order chi connectivity index (χ0) is 13.9. The normalized spacial score (nSPS) is 17.9. The van der Waals surface area contributed by atoms with Crippen molar-refractivity contribution >= 4 is 11.3 Å². The van der Waals surface area contributed by atoms with Gasteiger partial charge in [-0.25, -0.2) is 0 Å². The molecule has 1 fully saturated rings. The maximum absolute atomic E-state index is 3.62. The van der Waals surface area contributed by atoms with E-state index in [-0.39, 0.29) is 5.54 Å². The Labute approximate surface area is 122 Å². The summed E-state index contributed by atoms with van der Waals surface area (Å²) in [5, 5.41) is 5.81. The van der Waals surface area contributed by atoms with Gasteiger partial charge in [-0.05, 0) is 57.5 Å². The second kappa shape index (κ2) is 6.38. The predicted molar refractivity (Wildman–Crippen MR) is 84.7 cm³/mol. The molecule has 1 aliphatic rings. The smallest absolute Gasteiger partial charge is 0.0330 e. The van der Waals surface area contributed by atoms with Crippen LogP contribution in [-0.4, -0.2) is 29.6 Å². The van der Waals surface area contributed by atoms with E-state index in [1.807, 2.05) is 11.3 Å². The zero-order valence-electron chi connectivity index (χ0n) is 12.8. The average molecular weight is 280 g/mol. The number of hydrogen-bond acceptors (Lipinski definition) is 3. The molecule has 1 aromatic heterocycles. The lowest BCUT2D eigenvalue weighted by molar-refractivity contribution is 0.212. The number of nitrogens with one attached hydrogen (secondary N) is 1. The molecule has 0 spiro atoms. The highest BCUT2D eigenvalue weighted by Crippen LogP contribution is 2.29. The van der Waals surface area contributed by atoms with Crippen molar-refractivity contribution in [3.05, 3.63) is 22.4 Å². The first-order valence-electron chi connectivity index (χ1n) is 7.45. The molecular weight excluding hydrogens is 252 g/mol. The third-order valence-electron chi connectivity index (χ3n) is 3.53. The van der Waals surface area contributed by atoms with E-state index in [2.05, 4.69) is 55.4 Å². The molecule has 0 radical (unpaired) electrons. The Morgan fingerprint density at radius 3 is 2.68 bits per heavy atom. The van der Waals surface area contributed by atoms with Crippen LogP contribution in [0.1, 0.15) is 45.4 Å². The highest BCUT2D eigenvalue weighted by molar-refractivity contribution is 7.09. The van der Waals surface area contributed by atoms with E-state index in [1.165, 1.54) is 24.3 Å². The first-order valence-corrected chi connectivity index (χ1v) is 8.33. The van der Waals surface area contributed by atoms with E-state index >= 15 is 0 Å². The summed E-state index contributed by atoms with van der Waals surface area (Å²) in [5.41, 5.74) is 0.229. The van der Waals surface area contributed by atoms with E-state index in [1.54, 1.807) is 0 Å². The summed E-state index contributed by atoms with van der Waals surface area (Å²) in [5.74, 6) is 0.708. The highest BCUT2D eigenvalue weighted by atomic mass is 32.1. The van der Waals surface area contributed by atoms with Gasteiger partial charge >= 0.3 is 0 Å². The van der Waals surface area contributed by atoms with Crippen molar-refractivity contribution in [3.63, 3.8) is 0 Å². The molecule has 0 saturated heterocycles. The molecule has 1 aromatic rings. The Morgan fingerprint density at radius 1 is 1.42 bits per heavy atom. The molecule has 1 heterocycles. The molecule has 1 unspecified atom stereocenters. The van der Waals surface area contributed by atoms with Gasteiger partial charge < -0.3 is 5.32 Å². The third-order valence-corrected chi connectivity index (χ3v) is 4.39. The lowest BCUT2D eigenvalue weighted by atomic mass is 10.1. The number of thiophene rings is 1. The van der Waals surface area contributed by atoms with E-state index in [0.717, 1.165) is 19.1 Å². The van der Waals surface area contributed by atoms with Crippen molar-refractivity contribution in [2.24, 2.45) is 5.92 Å². The molecule has 1 saturated carbocycles. The van der Waals surface area contributed by atoms with Crippen molar-refractivity contribution in [1.29, 1.82) is 0 Å². The lowest BCUT2D eigenvalue weighted by Crippen LogP contribution is -2.41. The van der Waals surface area contributed by atoms with Gasteiger partial charge in [-0.15, -0.1) is 11.3 Å². The van der Waals surface area contributed by atoms with Crippen molar-refractivity contribution in [1.82, 2.24) is 10.2 Å². The number of rotatable bonds is 7. The van der Waals surface area contributed by atoms with Crippen molar-refractivity contribution in [3.8, 4) is 0 Å². The van der Waals surface area contributed by atoms with Gasteiger partial charge in [0, 0.05) is 29.5 Å². The fraction of sp³-hybridized carbons (Fsp3) is 0.750. The van der Waals surface area contributed by atoms with Crippen molar-refractivity contribution < 1.29 is 0 Å². The van der Waals surface area contributed by atoms with E-state index in [0.29, 0.717) is 5.92 Å². The molecule has 0 bridgehead atoms. The summed E-state index contributed by atoms with van der Waals surface area (Å²) in [6.07, 6.45) is 2.79. The molecule has 1 aliphatic carbocycles. The molecule has 0 aliphatic heterocycles. The minimum Gasteiger partial charge on any atom is -0.312 e. The zero-order valence-corrected chi connectivity index (χ0v) is 13.6. The molecule has 2 nitrogen and oxygen atoms in total. The van der Waals surface area contributed by atoms with Gasteiger partial charge in [0.1, 0.15) is 0 Å². The summed E-state index contributed by atoms with van der Waals surface area (Å²) in [6.45, 7) is 12.5. The van der Waals surface area contributed by atoms with Gasteiger partial charge in [0.15, 0.2) is 0 Å². The van der Waals surface area contributed by atoms with Gasteiger partial charge in [-0.1, -0.05) is 13.0 Å². The first-order chi connectivity index (χ1) is 8.94. The van der Waals surface area contributed by atoms with E-state index in [4.69, 9.17) is 0 Å². The summed E-state index contributed by atoms with van der Waals surface area (Å²) in [4.78, 5) is 4.18. The van der Waals surface area contributed by atoms with Crippen molar-refractivity contribution in [2.45, 2.75) is 58.7 Å². The van der Waals surface area contributed by atoms with Crippen molar-refractivity contribution in [2.75, 3.05) is 13.1 Å². The Morgan fingerprint density at radius 2 is 2.16 bits per heavy atom. The van der Waals surface area contributed by atoms with Crippen LogP contribution < -0.4 is 5.32 Å². The van der Waals surface area contributed by atoms with E-state index in [9.17, 15) is 0 Å². The first kappa shape index (κ1) is 15.0. The molecule has 19 heavy (non-hydrogen) atoms. The fourth-order valence-corrected chi connectivity index (χ4v) is 3.06. The largest absolute Gasteiger partial charge is 0.312 e. The Bertz CT molecular complexity index is 363. The molecule has 0 aromatic carbocycles. The standard InChI is InChI=1S/C16H28N2S/c1-13(10-17-16(2,3)4)11-18(14-7-8-14)12-15-6-5-9-19-15/h5-6,9,13-14,17H,7-8,10-12H2,1-4H3. The summed E-state index contributed by atoms with van der Waals surface area (Å²) in [7, 11) is 0. The van der Waals surface area contributed by atoms with Crippen LogP contribution in [0.25, 0.3) is 0 Å². The van der Waals surface area contributed by atoms with Crippen LogP contribution in [0.2, 0.25) is 0 Å². The van der Waals surface area contributed by atoms with Gasteiger partial charge in [-0.3, -0.25) is 4.90 Å². The minimum absolute atomic E-state index is 0.229. The molecule has 2 rings (SSSR count). The molecule has 3 heteroatoms. The topological polar surface area (TPSA) is 15.3 Å². The highest BCUT2D eigenvalue weighted by Gasteiger charge is 2.30. The van der Waals surface area contributed by atoms with Crippen LogP contribution in [0, 0.1) is 5.92 Å². The quantitative estimate of drug-likeness (QED) is 0.818. The third kappa shape index (κ3) is 5.64. The minimum atomic E-state index is 0.229. The summed E-state index contributed by atoms with van der Waals surface area (Å²) >= 11 is 1.88. The average Bonchev–Trinajstić information content (AvgIpc) is 3.04. The number of nitrogens with zero attached hydrogens (tertiary/aromatic N) is 1. The van der Waals surface area contributed by atoms with E-state index < -0.39 is 0 Å². The van der Waals surface area contributed by atoms with Gasteiger partial charge in [-0.2, -0.15) is 0 Å². The van der Waals surface area contributed by atoms with Crippen LogP contribution >= 0.6 is 11.3 Å². The number of hydrogen-bond donors (Lipinski definition) is 1. The predicted octanol–water partition coefficient (Wildman–Crippen LogP) is 3.74. The second-order valence-electron chi connectivity index (χ2n) is 6.98. The lowest BCUT2D eigenvalue weighted by Gasteiger charge is -2.28. The van der Waals surface area contributed by atoms with Crippen LogP contribution in [0.5, 0.6) is 0 Å². The Balaban J connectivity index is 1.79. The van der Waals surface area contributed by atoms with Gasteiger partial charge in [0.25, 0.3) is 0 Å². The molecular formula is C16H28N2S. The molecule has 108 valence electrons. The van der Waals surface area contributed by atoms with Crippen LogP contribution in [0.15, 0.2) is 17.5 Å². The summed E-state index contributed by atoms with van der Waals surface area (Å²) in [6, 6.07) is 5.27. The van der Waals surface area contributed by atoms with Crippen LogP contribution in [-0.2, 0) is 6.54 Å². The monoisotopic (exact) mass is 280 g/mol. The van der Waals surface area contributed by atoms with Crippen LogP contribution in [0.4, 0.5) is 0 Å². The molecule has 1 N–H and O–H groups in total. The Hall–Kier alpha value is -0.380. The second-order valence-corrected chi connectivity index (χ2v) is 8.01. The Kier molecular flexibility index (Phi) is 5.04. The molecule has 1 atom stereocenters. The van der Waals surface area contributed by atoms with Gasteiger partial charge in [0.2, 0.25) is 0 Å². The van der Waals surface area contributed by atoms with Crippen LogP contribution in [0.3, 0.4) is 0 Å². The molecule has 0 amide bonds. The maximum atomic E-state index is 3.62. The maximum Gasteiger partial charge on any atom is 0.0330 e. The summed E-state index contributed by atoms with van der Waals surface area (Å²) < 4.78 is 0. The van der Waals surface area contributed by atoms with Gasteiger partial charge in [0.05, 0.1) is 0 Å².